The number of hydroxylamine groups is 1. The Hall–Kier alpha value is -2.58. The number of benzene rings is 1. The van der Waals surface area contributed by atoms with Gasteiger partial charge in [0.05, 0.1) is 17.9 Å². The summed E-state index contributed by atoms with van der Waals surface area (Å²) in [6.07, 6.45) is 3.22. The molecule has 0 saturated heterocycles. The molecule has 0 fully saturated rings. The van der Waals surface area contributed by atoms with Crippen molar-refractivity contribution in [3.05, 3.63) is 58.9 Å². The lowest BCUT2D eigenvalue weighted by molar-refractivity contribution is -0.130. The highest BCUT2D eigenvalue weighted by Gasteiger charge is 2.19. The van der Waals surface area contributed by atoms with Gasteiger partial charge in [-0.2, -0.15) is 0 Å². The maximum absolute atomic E-state index is 13.8. The smallest absolute Gasteiger partial charge is 0.265 e. The maximum atomic E-state index is 13.8. The van der Waals surface area contributed by atoms with Gasteiger partial charge in [0.1, 0.15) is 17.7 Å². The Morgan fingerprint density at radius 1 is 1.13 bits per heavy atom. The molecule has 0 unspecified atom stereocenters. The second-order valence-corrected chi connectivity index (χ2v) is 8.17. The predicted octanol–water partition coefficient (Wildman–Crippen LogP) is 4.42. The minimum absolute atomic E-state index is 0.000396. The van der Waals surface area contributed by atoms with Crippen molar-refractivity contribution in [1.29, 1.82) is 0 Å². The molecule has 170 valence electrons. The lowest BCUT2D eigenvalue weighted by Crippen LogP contribution is -2.38. The van der Waals surface area contributed by atoms with E-state index in [-0.39, 0.29) is 23.6 Å². The van der Waals surface area contributed by atoms with Crippen LogP contribution in [-0.2, 0) is 4.79 Å². The zero-order chi connectivity index (χ0) is 23.0. The van der Waals surface area contributed by atoms with Crippen molar-refractivity contribution < 1.29 is 18.8 Å². The van der Waals surface area contributed by atoms with Gasteiger partial charge in [-0.1, -0.05) is 13.8 Å². The molecule has 2 atom stereocenters. The highest BCUT2D eigenvalue weighted by molar-refractivity contribution is 5.83. The number of hydrogen-bond acceptors (Lipinski definition) is 5. The van der Waals surface area contributed by atoms with Crippen molar-refractivity contribution in [2.75, 3.05) is 11.9 Å². The van der Waals surface area contributed by atoms with Crippen LogP contribution in [0.2, 0.25) is 0 Å². The number of carbonyl (C=O) groups excluding carboxylic acids is 1. The first-order valence-corrected chi connectivity index (χ1v) is 10.5. The van der Waals surface area contributed by atoms with Crippen LogP contribution in [0.15, 0.2) is 30.5 Å². The Morgan fingerprint density at radius 2 is 1.81 bits per heavy atom. The van der Waals surface area contributed by atoms with E-state index in [0.717, 1.165) is 18.5 Å². The first kappa shape index (κ1) is 24.7. The van der Waals surface area contributed by atoms with Gasteiger partial charge < -0.3 is 10.6 Å². The molecule has 0 aliphatic carbocycles. The van der Waals surface area contributed by atoms with Gasteiger partial charge in [0.15, 0.2) is 0 Å². The third-order valence-electron chi connectivity index (χ3n) is 5.22. The summed E-state index contributed by atoms with van der Waals surface area (Å²) in [4.78, 5) is 16.2. The molecular weight excluding hydrogens is 402 g/mol. The number of aryl methyl sites for hydroxylation is 2. The Labute approximate surface area is 182 Å². The zero-order valence-corrected chi connectivity index (χ0v) is 18.5. The standard InChI is InChI=1S/C23H32F2N4O2/c1-14(2)22(19-9-8-17(24)13-27-19)26-10-6-5-7-20(23(30)29-31)28-18-11-15(3)21(25)16(4)12-18/h8-9,11-14,20,22,26,28,31H,5-7,10H2,1-4H3,(H,29,30)/t20-,22-/m1/s1. The molecule has 1 aromatic carbocycles. The Balaban J connectivity index is 1.89. The van der Waals surface area contributed by atoms with Gasteiger partial charge in [-0.05, 0) is 81.0 Å². The van der Waals surface area contributed by atoms with Gasteiger partial charge >= 0.3 is 0 Å². The van der Waals surface area contributed by atoms with Gasteiger partial charge in [-0.3, -0.25) is 15.0 Å². The lowest BCUT2D eigenvalue weighted by atomic mass is 10.00. The molecule has 1 heterocycles. The number of carbonyl (C=O) groups is 1. The van der Waals surface area contributed by atoms with E-state index in [1.165, 1.54) is 12.3 Å². The highest BCUT2D eigenvalue weighted by atomic mass is 19.1. The molecule has 0 aliphatic rings. The fourth-order valence-electron chi connectivity index (χ4n) is 3.56. The molecule has 8 heteroatoms. The van der Waals surface area contributed by atoms with E-state index in [1.54, 1.807) is 37.5 Å². The minimum atomic E-state index is -0.645. The molecule has 0 bridgehead atoms. The van der Waals surface area contributed by atoms with Crippen LogP contribution in [0.1, 0.15) is 56.0 Å². The topological polar surface area (TPSA) is 86.3 Å². The molecule has 1 amide bonds. The van der Waals surface area contributed by atoms with Gasteiger partial charge in [-0.25, -0.2) is 14.3 Å². The molecule has 0 radical (unpaired) electrons. The van der Waals surface area contributed by atoms with E-state index < -0.39 is 11.9 Å². The minimum Gasteiger partial charge on any atom is -0.374 e. The van der Waals surface area contributed by atoms with E-state index in [2.05, 4.69) is 29.5 Å². The highest BCUT2D eigenvalue weighted by Crippen LogP contribution is 2.21. The number of halogens is 2. The van der Waals surface area contributed by atoms with Crippen LogP contribution < -0.4 is 16.1 Å². The number of aromatic nitrogens is 1. The molecule has 31 heavy (non-hydrogen) atoms. The molecule has 2 rings (SSSR count). The molecule has 1 aromatic heterocycles. The molecule has 0 saturated carbocycles. The first-order chi connectivity index (χ1) is 14.7. The van der Waals surface area contributed by atoms with Gasteiger partial charge in [0.2, 0.25) is 0 Å². The normalized spacial score (nSPS) is 13.2. The average Bonchev–Trinajstić information content (AvgIpc) is 2.73. The molecular formula is C23H32F2N4O2. The summed E-state index contributed by atoms with van der Waals surface area (Å²) in [5, 5.41) is 15.6. The number of unbranched alkanes of at least 4 members (excludes halogenated alkanes) is 1. The lowest BCUT2D eigenvalue weighted by Gasteiger charge is -2.22. The summed E-state index contributed by atoms with van der Waals surface area (Å²) in [6, 6.07) is 5.73. The Kier molecular flexibility index (Phi) is 9.33. The second-order valence-electron chi connectivity index (χ2n) is 8.17. The number of amides is 1. The van der Waals surface area contributed by atoms with Gasteiger partial charge in [-0.15, -0.1) is 0 Å². The molecule has 0 spiro atoms. The van der Waals surface area contributed by atoms with Crippen molar-refractivity contribution >= 4 is 11.6 Å². The van der Waals surface area contributed by atoms with E-state index >= 15 is 0 Å². The van der Waals surface area contributed by atoms with Crippen molar-refractivity contribution in [2.24, 2.45) is 5.92 Å². The van der Waals surface area contributed by atoms with Crippen LogP contribution in [0.3, 0.4) is 0 Å². The molecule has 0 aliphatic heterocycles. The van der Waals surface area contributed by atoms with E-state index in [4.69, 9.17) is 5.21 Å². The van der Waals surface area contributed by atoms with E-state index in [0.29, 0.717) is 29.8 Å². The summed E-state index contributed by atoms with van der Waals surface area (Å²) < 4.78 is 27.0. The third kappa shape index (κ3) is 7.25. The van der Waals surface area contributed by atoms with Crippen molar-refractivity contribution in [1.82, 2.24) is 15.8 Å². The molecule has 4 N–H and O–H groups in total. The van der Waals surface area contributed by atoms with Crippen LogP contribution in [0.5, 0.6) is 0 Å². The van der Waals surface area contributed by atoms with Gasteiger partial charge in [0.25, 0.3) is 5.91 Å². The van der Waals surface area contributed by atoms with Crippen molar-refractivity contribution in [2.45, 2.75) is 59.0 Å². The van der Waals surface area contributed by atoms with Crippen LogP contribution in [0, 0.1) is 31.4 Å². The Morgan fingerprint density at radius 3 is 2.35 bits per heavy atom. The zero-order valence-electron chi connectivity index (χ0n) is 18.5. The monoisotopic (exact) mass is 434 g/mol. The van der Waals surface area contributed by atoms with Crippen molar-refractivity contribution in [3.8, 4) is 0 Å². The molecule has 6 nitrogen and oxygen atoms in total. The summed E-state index contributed by atoms with van der Waals surface area (Å²) >= 11 is 0. The summed E-state index contributed by atoms with van der Waals surface area (Å²) in [5.74, 6) is -0.894. The first-order valence-electron chi connectivity index (χ1n) is 10.5. The van der Waals surface area contributed by atoms with Crippen LogP contribution in [-0.4, -0.2) is 28.7 Å². The summed E-state index contributed by atoms with van der Waals surface area (Å²) in [7, 11) is 0. The number of nitrogens with zero attached hydrogens (tertiary/aromatic N) is 1. The maximum Gasteiger partial charge on any atom is 0.265 e. The fourth-order valence-corrected chi connectivity index (χ4v) is 3.56. The third-order valence-corrected chi connectivity index (χ3v) is 5.22. The van der Waals surface area contributed by atoms with Crippen LogP contribution in [0.25, 0.3) is 0 Å². The number of pyridine rings is 1. The van der Waals surface area contributed by atoms with Crippen LogP contribution in [0.4, 0.5) is 14.5 Å². The SMILES string of the molecule is Cc1cc(N[C@H](CCCCN[C@@H](c2ccc(F)cn2)C(C)C)C(=O)NO)cc(C)c1F. The number of hydrogen-bond donors (Lipinski definition) is 4. The Bertz CT molecular complexity index is 836. The number of rotatable bonds is 11. The van der Waals surface area contributed by atoms with E-state index in [9.17, 15) is 13.6 Å². The quantitative estimate of drug-likeness (QED) is 0.239. The summed E-state index contributed by atoms with van der Waals surface area (Å²) in [5.41, 5.74) is 4.10. The molecule has 2 aromatic rings. The number of anilines is 1. The van der Waals surface area contributed by atoms with Crippen LogP contribution >= 0.6 is 0 Å². The predicted molar refractivity (Wildman–Crippen MR) is 117 cm³/mol. The second kappa shape index (κ2) is 11.7. The van der Waals surface area contributed by atoms with Crippen molar-refractivity contribution in [3.63, 3.8) is 0 Å². The van der Waals surface area contributed by atoms with Gasteiger partial charge in [0, 0.05) is 5.69 Å². The van der Waals surface area contributed by atoms with E-state index in [1.807, 2.05) is 0 Å². The average molecular weight is 435 g/mol. The number of nitrogens with one attached hydrogen (secondary N) is 3. The summed E-state index contributed by atoms with van der Waals surface area (Å²) in [6.45, 7) is 8.18. The largest absolute Gasteiger partial charge is 0.374 e. The fraction of sp³-hybridized carbons (Fsp3) is 0.478.